The molecule has 0 aliphatic heterocycles. The fraction of sp³-hybridized carbons (Fsp3) is 0.250. The van der Waals surface area contributed by atoms with Gasteiger partial charge in [-0.3, -0.25) is 9.59 Å². The van der Waals surface area contributed by atoms with Crippen molar-refractivity contribution in [3.63, 3.8) is 0 Å². The zero-order valence-electron chi connectivity index (χ0n) is 18.9. The van der Waals surface area contributed by atoms with Crippen LogP contribution in [-0.4, -0.2) is 30.6 Å². The molecule has 0 fully saturated rings. The molecule has 172 valence electrons. The number of nitrogens with zero attached hydrogens (tertiary/aromatic N) is 1. The van der Waals surface area contributed by atoms with E-state index in [0.29, 0.717) is 48.5 Å². The van der Waals surface area contributed by atoms with Gasteiger partial charge in [-0.1, -0.05) is 36.4 Å². The van der Waals surface area contributed by atoms with Crippen molar-refractivity contribution in [1.82, 2.24) is 0 Å². The van der Waals surface area contributed by atoms with Gasteiger partial charge in [0.2, 0.25) is 0 Å². The van der Waals surface area contributed by atoms with Gasteiger partial charge in [-0.15, -0.1) is 0 Å². The minimum absolute atomic E-state index is 0.0935. The minimum Gasteiger partial charge on any atom is -0.493 e. The summed E-state index contributed by atoms with van der Waals surface area (Å²) >= 11 is 0. The Morgan fingerprint density at radius 3 is 2.38 bits per heavy atom. The third-order valence-electron chi connectivity index (χ3n) is 6.32. The number of carbonyl (C=O) groups is 2. The number of carbonyl (C=O) groups excluding carboxylic acids is 1. The molecule has 4 rings (SSSR count). The lowest BCUT2D eigenvalue weighted by molar-refractivity contribution is -0.148. The van der Waals surface area contributed by atoms with E-state index in [0.717, 1.165) is 16.7 Å². The van der Waals surface area contributed by atoms with Crippen molar-refractivity contribution in [1.29, 1.82) is 5.26 Å². The topological polar surface area (TPSA) is 96.6 Å². The lowest BCUT2D eigenvalue weighted by Crippen LogP contribution is -2.34. The minimum atomic E-state index is -1.15. The standard InChI is InChI=1S/C28H25NO5/c1-33-25-10-9-21(14-26(25)34-12-11-19-5-4-6-20(13-19)18-29)24(30)17-28(27(31)32)15-22-7-2-3-8-23(22)16-28/h2-10,13-14H,11-12,15-17H2,1H3,(H,31,32). The Bertz CT molecular complexity index is 1250. The van der Waals surface area contributed by atoms with Crippen LogP contribution in [0.1, 0.15) is 39.0 Å². The average molecular weight is 456 g/mol. The molecule has 0 aromatic heterocycles. The fourth-order valence-electron chi connectivity index (χ4n) is 4.49. The first-order chi connectivity index (χ1) is 16.4. The van der Waals surface area contributed by atoms with E-state index in [1.807, 2.05) is 42.5 Å². The molecule has 3 aromatic rings. The second kappa shape index (κ2) is 9.80. The molecule has 0 amide bonds. The van der Waals surface area contributed by atoms with Gasteiger partial charge in [-0.2, -0.15) is 5.26 Å². The monoisotopic (exact) mass is 455 g/mol. The first-order valence-corrected chi connectivity index (χ1v) is 11.1. The summed E-state index contributed by atoms with van der Waals surface area (Å²) in [6.07, 6.45) is 1.16. The average Bonchev–Trinajstić information content (AvgIpc) is 3.23. The van der Waals surface area contributed by atoms with Gasteiger partial charge in [0.25, 0.3) is 0 Å². The van der Waals surface area contributed by atoms with Crippen LogP contribution in [0.4, 0.5) is 0 Å². The third kappa shape index (κ3) is 4.79. The normalized spacial score (nSPS) is 13.5. The lowest BCUT2D eigenvalue weighted by atomic mass is 9.79. The Morgan fingerprint density at radius 1 is 1.00 bits per heavy atom. The van der Waals surface area contributed by atoms with Crippen LogP contribution in [0.25, 0.3) is 0 Å². The highest BCUT2D eigenvalue weighted by atomic mass is 16.5. The molecule has 6 heteroatoms. The Labute approximate surface area is 198 Å². The van der Waals surface area contributed by atoms with Crippen LogP contribution in [0.2, 0.25) is 0 Å². The van der Waals surface area contributed by atoms with E-state index in [-0.39, 0.29) is 12.2 Å². The van der Waals surface area contributed by atoms with Crippen molar-refractivity contribution >= 4 is 11.8 Å². The first-order valence-electron chi connectivity index (χ1n) is 11.1. The number of methoxy groups -OCH3 is 1. The van der Waals surface area contributed by atoms with E-state index in [1.54, 1.807) is 24.3 Å². The number of fused-ring (bicyclic) bond motifs is 1. The Hall–Kier alpha value is -4.11. The molecule has 3 aromatic carbocycles. The van der Waals surface area contributed by atoms with Gasteiger partial charge < -0.3 is 14.6 Å². The molecule has 0 bridgehead atoms. The molecule has 0 atom stereocenters. The van der Waals surface area contributed by atoms with Crippen LogP contribution >= 0.6 is 0 Å². The smallest absolute Gasteiger partial charge is 0.310 e. The Balaban J connectivity index is 1.48. The van der Waals surface area contributed by atoms with Crippen molar-refractivity contribution in [2.75, 3.05) is 13.7 Å². The molecule has 6 nitrogen and oxygen atoms in total. The van der Waals surface area contributed by atoms with E-state index in [9.17, 15) is 14.7 Å². The number of hydrogen-bond donors (Lipinski definition) is 1. The number of aliphatic carboxylic acids is 1. The molecular formula is C28H25NO5. The van der Waals surface area contributed by atoms with Gasteiger partial charge in [-0.25, -0.2) is 0 Å². The number of Topliss-reactive ketones (excluding diaryl/α,β-unsaturated/α-hetero) is 1. The first kappa shape index (κ1) is 23.1. The highest BCUT2D eigenvalue weighted by Gasteiger charge is 2.45. The fourth-order valence-corrected chi connectivity index (χ4v) is 4.49. The molecule has 1 aliphatic carbocycles. The lowest BCUT2D eigenvalue weighted by Gasteiger charge is -2.23. The zero-order chi connectivity index (χ0) is 24.1. The number of rotatable bonds is 9. The van der Waals surface area contributed by atoms with Gasteiger partial charge in [-0.05, 0) is 59.9 Å². The summed E-state index contributed by atoms with van der Waals surface area (Å²) in [6, 6.07) is 22.0. The van der Waals surface area contributed by atoms with Gasteiger partial charge in [0.1, 0.15) is 0 Å². The van der Waals surface area contributed by atoms with Gasteiger partial charge in [0.05, 0.1) is 30.8 Å². The number of ether oxygens (including phenoxy) is 2. The molecular weight excluding hydrogens is 430 g/mol. The molecule has 34 heavy (non-hydrogen) atoms. The van der Waals surface area contributed by atoms with Crippen molar-refractivity contribution in [2.45, 2.75) is 25.7 Å². The summed E-state index contributed by atoms with van der Waals surface area (Å²) in [7, 11) is 1.52. The largest absolute Gasteiger partial charge is 0.493 e. The van der Waals surface area contributed by atoms with Crippen molar-refractivity contribution in [2.24, 2.45) is 5.41 Å². The molecule has 0 saturated carbocycles. The number of carboxylic acids is 1. The summed E-state index contributed by atoms with van der Waals surface area (Å²) in [5, 5.41) is 19.1. The van der Waals surface area contributed by atoms with Crippen LogP contribution in [0.15, 0.2) is 66.7 Å². The van der Waals surface area contributed by atoms with E-state index in [1.165, 1.54) is 7.11 Å². The maximum atomic E-state index is 13.2. The van der Waals surface area contributed by atoms with Crippen molar-refractivity contribution < 1.29 is 24.2 Å². The zero-order valence-corrected chi connectivity index (χ0v) is 18.9. The molecule has 0 saturated heterocycles. The van der Waals surface area contributed by atoms with Crippen molar-refractivity contribution in [3.05, 3.63) is 94.5 Å². The second-order valence-corrected chi connectivity index (χ2v) is 8.58. The van der Waals surface area contributed by atoms with Crippen LogP contribution in [-0.2, 0) is 24.1 Å². The Kier molecular flexibility index (Phi) is 6.65. The quantitative estimate of drug-likeness (QED) is 0.473. The van der Waals surface area contributed by atoms with Crippen LogP contribution in [0.5, 0.6) is 11.5 Å². The molecule has 1 N–H and O–H groups in total. The highest BCUT2D eigenvalue weighted by molar-refractivity contribution is 5.99. The van der Waals surface area contributed by atoms with Gasteiger partial charge >= 0.3 is 5.97 Å². The molecule has 0 unspecified atom stereocenters. The van der Waals surface area contributed by atoms with E-state index >= 15 is 0 Å². The number of benzene rings is 3. The predicted molar refractivity (Wildman–Crippen MR) is 126 cm³/mol. The maximum Gasteiger partial charge on any atom is 0.310 e. The Morgan fingerprint density at radius 2 is 1.74 bits per heavy atom. The molecule has 0 heterocycles. The van der Waals surface area contributed by atoms with Crippen molar-refractivity contribution in [3.8, 4) is 17.6 Å². The predicted octanol–water partition coefficient (Wildman–Crippen LogP) is 4.63. The second-order valence-electron chi connectivity index (χ2n) is 8.58. The molecule has 0 spiro atoms. The summed E-state index contributed by atoms with van der Waals surface area (Å²) in [5.41, 5.74) is 2.76. The third-order valence-corrected chi connectivity index (χ3v) is 6.32. The molecule has 1 aliphatic rings. The summed E-state index contributed by atoms with van der Waals surface area (Å²) in [5.74, 6) is -0.293. The van der Waals surface area contributed by atoms with Gasteiger partial charge in [0, 0.05) is 18.4 Å². The van der Waals surface area contributed by atoms with Crippen LogP contribution in [0.3, 0.4) is 0 Å². The van der Waals surface area contributed by atoms with E-state index in [4.69, 9.17) is 14.7 Å². The van der Waals surface area contributed by atoms with Crippen LogP contribution < -0.4 is 9.47 Å². The SMILES string of the molecule is COc1ccc(C(=O)CC2(C(=O)O)Cc3ccccc3C2)cc1OCCc1cccc(C#N)c1. The highest BCUT2D eigenvalue weighted by Crippen LogP contribution is 2.41. The van der Waals surface area contributed by atoms with E-state index < -0.39 is 11.4 Å². The molecule has 0 radical (unpaired) electrons. The maximum absolute atomic E-state index is 13.2. The van der Waals surface area contributed by atoms with E-state index in [2.05, 4.69) is 6.07 Å². The number of nitriles is 1. The number of hydrogen-bond acceptors (Lipinski definition) is 5. The summed E-state index contributed by atoms with van der Waals surface area (Å²) in [4.78, 5) is 25.4. The number of carboxylic acid groups (broad SMARTS) is 1. The summed E-state index contributed by atoms with van der Waals surface area (Å²) in [6.45, 7) is 0.331. The number of ketones is 1. The summed E-state index contributed by atoms with van der Waals surface area (Å²) < 4.78 is 11.3. The van der Waals surface area contributed by atoms with Crippen LogP contribution in [0, 0.1) is 16.7 Å². The van der Waals surface area contributed by atoms with Gasteiger partial charge in [0.15, 0.2) is 17.3 Å².